The highest BCUT2D eigenvalue weighted by molar-refractivity contribution is 6.33. The lowest BCUT2D eigenvalue weighted by Crippen LogP contribution is -2.38. The van der Waals surface area contributed by atoms with Crippen molar-refractivity contribution < 1.29 is 23.8 Å². The summed E-state index contributed by atoms with van der Waals surface area (Å²) in [6.45, 7) is 0.509. The van der Waals surface area contributed by atoms with Gasteiger partial charge in [0.05, 0.1) is 24.1 Å². The third kappa shape index (κ3) is 2.23. The topological polar surface area (TPSA) is 80.0 Å². The van der Waals surface area contributed by atoms with Crippen LogP contribution in [0.25, 0.3) is 0 Å². The number of benzene rings is 1. The van der Waals surface area contributed by atoms with Crippen LogP contribution < -0.4 is 9.64 Å². The first-order chi connectivity index (χ1) is 10.1. The second kappa shape index (κ2) is 5.14. The summed E-state index contributed by atoms with van der Waals surface area (Å²) >= 11 is 5.82. The van der Waals surface area contributed by atoms with E-state index in [-0.39, 0.29) is 34.6 Å². The first-order valence-electron chi connectivity index (χ1n) is 6.13. The van der Waals surface area contributed by atoms with Crippen molar-refractivity contribution in [2.45, 2.75) is 0 Å². The molecule has 0 saturated heterocycles. The molecule has 0 saturated carbocycles. The summed E-state index contributed by atoms with van der Waals surface area (Å²) in [6, 6.07) is 6.10. The summed E-state index contributed by atoms with van der Waals surface area (Å²) in [5, 5.41) is 9.18. The molecule has 0 spiro atoms. The van der Waals surface area contributed by atoms with Crippen molar-refractivity contribution in [3.8, 4) is 5.75 Å². The van der Waals surface area contributed by atoms with E-state index >= 15 is 0 Å². The molecule has 1 aliphatic heterocycles. The molecule has 6 nitrogen and oxygen atoms in total. The minimum absolute atomic E-state index is 0.00225. The lowest BCUT2D eigenvalue weighted by Gasteiger charge is -2.30. The molecular formula is C14H10ClNO5. The van der Waals surface area contributed by atoms with Crippen LogP contribution in [0, 0.1) is 0 Å². The quantitative estimate of drug-likeness (QED) is 0.922. The summed E-state index contributed by atoms with van der Waals surface area (Å²) in [6.07, 6.45) is 1.32. The number of anilines is 1. The van der Waals surface area contributed by atoms with Crippen LogP contribution in [-0.4, -0.2) is 30.1 Å². The van der Waals surface area contributed by atoms with Gasteiger partial charge in [0.15, 0.2) is 5.75 Å². The number of hydrogen-bond donors (Lipinski definition) is 1. The number of carboxylic acid groups (broad SMARTS) is 1. The maximum atomic E-state index is 12.5. The number of furan rings is 1. The fraction of sp³-hybridized carbons (Fsp3) is 0.143. The molecule has 1 aromatic heterocycles. The monoisotopic (exact) mass is 307 g/mol. The van der Waals surface area contributed by atoms with Gasteiger partial charge in [-0.25, -0.2) is 4.79 Å². The number of aromatic carboxylic acids is 1. The number of nitrogens with zero attached hydrogens (tertiary/aromatic N) is 1. The number of halogens is 1. The van der Waals surface area contributed by atoms with E-state index in [1.165, 1.54) is 23.3 Å². The van der Waals surface area contributed by atoms with E-state index in [4.69, 9.17) is 20.8 Å². The van der Waals surface area contributed by atoms with Crippen LogP contribution in [0.2, 0.25) is 5.22 Å². The zero-order valence-electron chi connectivity index (χ0n) is 10.7. The van der Waals surface area contributed by atoms with Crippen LogP contribution >= 0.6 is 11.6 Å². The van der Waals surface area contributed by atoms with Crippen LogP contribution in [0.4, 0.5) is 5.69 Å². The Hall–Kier alpha value is -2.47. The maximum Gasteiger partial charge on any atom is 0.339 e. The first kappa shape index (κ1) is 13.5. The van der Waals surface area contributed by atoms with Gasteiger partial charge in [0.25, 0.3) is 5.91 Å². The average molecular weight is 308 g/mol. The predicted octanol–water partition coefficient (Wildman–Crippen LogP) is 2.67. The fourth-order valence-corrected chi connectivity index (χ4v) is 2.41. The lowest BCUT2D eigenvalue weighted by atomic mass is 10.1. The molecule has 21 heavy (non-hydrogen) atoms. The molecule has 3 rings (SSSR count). The number of rotatable bonds is 2. The van der Waals surface area contributed by atoms with Crippen LogP contribution in [0.3, 0.4) is 0 Å². The van der Waals surface area contributed by atoms with E-state index in [2.05, 4.69) is 0 Å². The van der Waals surface area contributed by atoms with Gasteiger partial charge in [-0.05, 0) is 29.8 Å². The smallest absolute Gasteiger partial charge is 0.339 e. The largest absolute Gasteiger partial charge is 0.489 e. The third-order valence-electron chi connectivity index (χ3n) is 3.17. The Labute approximate surface area is 124 Å². The number of carbonyl (C=O) groups is 2. The number of ether oxygens (including phenoxy) is 1. The second-order valence-corrected chi connectivity index (χ2v) is 4.72. The van der Waals surface area contributed by atoms with Gasteiger partial charge in [0.1, 0.15) is 12.2 Å². The lowest BCUT2D eigenvalue weighted by molar-refractivity contribution is 0.0690. The zero-order valence-corrected chi connectivity index (χ0v) is 11.5. The highest BCUT2D eigenvalue weighted by Gasteiger charge is 2.29. The molecule has 0 atom stereocenters. The predicted molar refractivity (Wildman–Crippen MR) is 74.3 cm³/mol. The fourth-order valence-electron chi connectivity index (χ4n) is 2.22. The van der Waals surface area contributed by atoms with Crippen LogP contribution in [0.5, 0.6) is 5.75 Å². The van der Waals surface area contributed by atoms with E-state index in [0.717, 1.165) is 0 Å². The Bertz CT molecular complexity index is 724. The summed E-state index contributed by atoms with van der Waals surface area (Å²) in [5.74, 6) is -1.28. The van der Waals surface area contributed by atoms with Crippen LogP contribution in [-0.2, 0) is 0 Å². The number of carbonyl (C=O) groups excluding carboxylic acids is 1. The highest BCUT2D eigenvalue weighted by atomic mass is 35.5. The van der Waals surface area contributed by atoms with Gasteiger partial charge in [-0.3, -0.25) is 4.79 Å². The Kier molecular flexibility index (Phi) is 3.31. The first-order valence-corrected chi connectivity index (χ1v) is 6.51. The number of carboxylic acids is 1. The zero-order chi connectivity index (χ0) is 15.0. The standard InChI is InChI=1S/C14H10ClNO5/c15-12-9(4-6-21-12)13(17)16-5-7-20-11-8(14(18)19)2-1-3-10(11)16/h1-4,6H,5,7H2,(H,18,19). The third-order valence-corrected chi connectivity index (χ3v) is 3.46. The highest BCUT2D eigenvalue weighted by Crippen LogP contribution is 2.36. The van der Waals surface area contributed by atoms with Crippen molar-refractivity contribution in [2.75, 3.05) is 18.1 Å². The van der Waals surface area contributed by atoms with Crippen molar-refractivity contribution in [1.29, 1.82) is 0 Å². The normalized spacial score (nSPS) is 13.5. The molecule has 0 aliphatic carbocycles. The Morgan fingerprint density at radius 2 is 2.05 bits per heavy atom. The summed E-state index contributed by atoms with van der Waals surface area (Å²) < 4.78 is 10.3. The molecule has 0 bridgehead atoms. The molecule has 0 fully saturated rings. The van der Waals surface area contributed by atoms with E-state index < -0.39 is 5.97 Å². The van der Waals surface area contributed by atoms with Gasteiger partial charge in [-0.2, -0.15) is 0 Å². The van der Waals surface area contributed by atoms with E-state index in [1.54, 1.807) is 12.1 Å². The molecule has 2 heterocycles. The van der Waals surface area contributed by atoms with Gasteiger partial charge < -0.3 is 19.2 Å². The molecule has 1 aliphatic rings. The average Bonchev–Trinajstić information content (AvgIpc) is 2.91. The molecule has 1 aromatic carbocycles. The summed E-state index contributed by atoms with van der Waals surface area (Å²) in [7, 11) is 0. The van der Waals surface area contributed by atoms with Crippen molar-refractivity contribution in [2.24, 2.45) is 0 Å². The molecular weight excluding hydrogens is 298 g/mol. The van der Waals surface area contributed by atoms with Gasteiger partial charge >= 0.3 is 5.97 Å². The van der Waals surface area contributed by atoms with E-state index in [9.17, 15) is 14.7 Å². The van der Waals surface area contributed by atoms with Crippen LogP contribution in [0.1, 0.15) is 20.7 Å². The van der Waals surface area contributed by atoms with Crippen molar-refractivity contribution in [3.63, 3.8) is 0 Å². The Morgan fingerprint density at radius 3 is 2.71 bits per heavy atom. The minimum atomic E-state index is -1.11. The summed E-state index contributed by atoms with van der Waals surface area (Å²) in [4.78, 5) is 25.1. The Morgan fingerprint density at radius 1 is 1.24 bits per heavy atom. The maximum absolute atomic E-state index is 12.5. The molecule has 2 aromatic rings. The number of para-hydroxylation sites is 1. The molecule has 1 N–H and O–H groups in total. The van der Waals surface area contributed by atoms with Crippen molar-refractivity contribution >= 4 is 29.2 Å². The van der Waals surface area contributed by atoms with E-state index in [1.807, 2.05) is 0 Å². The van der Waals surface area contributed by atoms with Gasteiger partial charge in [-0.1, -0.05) is 6.07 Å². The van der Waals surface area contributed by atoms with Crippen LogP contribution in [0.15, 0.2) is 34.9 Å². The molecule has 0 unspecified atom stereocenters. The Balaban J connectivity index is 2.05. The van der Waals surface area contributed by atoms with Gasteiger partial charge in [0, 0.05) is 0 Å². The number of fused-ring (bicyclic) bond motifs is 1. The molecule has 108 valence electrons. The minimum Gasteiger partial charge on any atom is -0.489 e. The second-order valence-electron chi connectivity index (χ2n) is 4.37. The molecule has 7 heteroatoms. The van der Waals surface area contributed by atoms with Gasteiger partial charge in [-0.15, -0.1) is 0 Å². The number of hydrogen-bond acceptors (Lipinski definition) is 4. The van der Waals surface area contributed by atoms with E-state index in [0.29, 0.717) is 12.2 Å². The number of amides is 1. The van der Waals surface area contributed by atoms with Crippen molar-refractivity contribution in [1.82, 2.24) is 0 Å². The molecule has 0 radical (unpaired) electrons. The van der Waals surface area contributed by atoms with Crippen molar-refractivity contribution in [3.05, 3.63) is 46.9 Å². The summed E-state index contributed by atoms with van der Waals surface area (Å²) in [5.41, 5.74) is 0.650. The SMILES string of the molecule is O=C(O)c1cccc2c1OCCN2C(=O)c1ccoc1Cl. The van der Waals surface area contributed by atoms with Gasteiger partial charge in [0.2, 0.25) is 5.22 Å². The molecule has 1 amide bonds.